The molecule has 0 spiro atoms. The number of aromatic nitrogens is 3. The summed E-state index contributed by atoms with van der Waals surface area (Å²) in [6, 6.07) is 5.15. The predicted octanol–water partition coefficient (Wildman–Crippen LogP) is 1.33. The Balaban J connectivity index is 1.49. The fourth-order valence-electron chi connectivity index (χ4n) is 2.26. The van der Waals surface area contributed by atoms with Crippen LogP contribution in [0.5, 0.6) is 0 Å². The van der Waals surface area contributed by atoms with E-state index < -0.39 is 6.04 Å². The van der Waals surface area contributed by atoms with Gasteiger partial charge in [-0.2, -0.15) is 4.98 Å². The SMILES string of the molecule is O=C1C(Cc2ccccn2)N=CN1c1noc(C2CC2)n1. The molecule has 1 unspecified atom stereocenters. The molecule has 2 aliphatic rings. The number of carbonyl (C=O) groups excluding carboxylic acids is 1. The predicted molar refractivity (Wildman–Crippen MR) is 74.0 cm³/mol. The molecule has 3 heterocycles. The van der Waals surface area contributed by atoms with Gasteiger partial charge in [0.25, 0.3) is 11.9 Å². The maximum absolute atomic E-state index is 12.4. The number of aliphatic imine (C=N–C) groups is 1. The summed E-state index contributed by atoms with van der Waals surface area (Å²) >= 11 is 0. The number of anilines is 1. The van der Waals surface area contributed by atoms with Gasteiger partial charge in [-0.3, -0.25) is 14.8 Å². The van der Waals surface area contributed by atoms with Crippen LogP contribution in [0, 0.1) is 0 Å². The fraction of sp³-hybridized carbons (Fsp3) is 0.357. The van der Waals surface area contributed by atoms with Crippen LogP contribution in [-0.2, 0) is 11.2 Å². The quantitative estimate of drug-likeness (QED) is 0.845. The van der Waals surface area contributed by atoms with Crippen LogP contribution in [0.1, 0.15) is 30.3 Å². The molecule has 1 atom stereocenters. The zero-order valence-corrected chi connectivity index (χ0v) is 11.2. The van der Waals surface area contributed by atoms with Gasteiger partial charge in [0.1, 0.15) is 12.4 Å². The molecule has 2 aromatic heterocycles. The van der Waals surface area contributed by atoms with E-state index in [2.05, 4.69) is 20.1 Å². The number of nitrogens with zero attached hydrogens (tertiary/aromatic N) is 5. The first-order chi connectivity index (χ1) is 10.3. The second-order valence-corrected chi connectivity index (χ2v) is 5.22. The number of rotatable bonds is 4. The van der Waals surface area contributed by atoms with E-state index in [-0.39, 0.29) is 11.9 Å². The van der Waals surface area contributed by atoms with Crippen molar-refractivity contribution in [2.45, 2.75) is 31.2 Å². The van der Waals surface area contributed by atoms with Crippen molar-refractivity contribution in [3.8, 4) is 0 Å². The highest BCUT2D eigenvalue weighted by atomic mass is 16.5. The minimum Gasteiger partial charge on any atom is -0.337 e. The second kappa shape index (κ2) is 4.76. The lowest BCUT2D eigenvalue weighted by Crippen LogP contribution is -2.32. The van der Waals surface area contributed by atoms with Crippen LogP contribution in [0.3, 0.4) is 0 Å². The Morgan fingerprint density at radius 1 is 1.33 bits per heavy atom. The summed E-state index contributed by atoms with van der Waals surface area (Å²) in [7, 11) is 0. The minimum atomic E-state index is -0.470. The summed E-state index contributed by atoms with van der Waals surface area (Å²) in [5, 5.41) is 3.86. The van der Waals surface area contributed by atoms with Gasteiger partial charge in [-0.1, -0.05) is 6.07 Å². The average molecular weight is 283 g/mol. The molecular formula is C14H13N5O2. The third kappa shape index (κ3) is 2.31. The number of pyridine rings is 1. The van der Waals surface area contributed by atoms with E-state index in [4.69, 9.17) is 4.52 Å². The van der Waals surface area contributed by atoms with Gasteiger partial charge in [0.2, 0.25) is 5.89 Å². The minimum absolute atomic E-state index is 0.149. The van der Waals surface area contributed by atoms with Crippen molar-refractivity contribution in [1.29, 1.82) is 0 Å². The lowest BCUT2D eigenvalue weighted by molar-refractivity contribution is -0.118. The average Bonchev–Trinajstić information content (AvgIpc) is 3.15. The van der Waals surface area contributed by atoms with Crippen LogP contribution in [-0.4, -0.2) is 33.4 Å². The molecule has 0 bridgehead atoms. The lowest BCUT2D eigenvalue weighted by Gasteiger charge is -2.09. The third-order valence-corrected chi connectivity index (χ3v) is 3.59. The zero-order valence-electron chi connectivity index (χ0n) is 11.2. The number of carbonyl (C=O) groups is 1. The summed E-state index contributed by atoms with van der Waals surface area (Å²) < 4.78 is 5.17. The molecule has 7 heteroatoms. The van der Waals surface area contributed by atoms with Gasteiger partial charge in [-0.25, -0.2) is 4.90 Å². The van der Waals surface area contributed by atoms with Gasteiger partial charge in [0, 0.05) is 24.2 Å². The normalized spacial score (nSPS) is 21.2. The highest BCUT2D eigenvalue weighted by molar-refractivity contribution is 6.13. The number of amides is 1. The molecule has 21 heavy (non-hydrogen) atoms. The Morgan fingerprint density at radius 3 is 3.00 bits per heavy atom. The van der Waals surface area contributed by atoms with Crippen LogP contribution in [0.4, 0.5) is 5.95 Å². The molecule has 1 fully saturated rings. The summed E-state index contributed by atoms with van der Waals surface area (Å²) in [4.78, 5) is 26.4. The largest absolute Gasteiger partial charge is 0.337 e. The third-order valence-electron chi connectivity index (χ3n) is 3.59. The maximum atomic E-state index is 12.4. The Labute approximate surface area is 120 Å². The van der Waals surface area contributed by atoms with Crippen LogP contribution < -0.4 is 4.90 Å². The fourth-order valence-corrected chi connectivity index (χ4v) is 2.26. The Morgan fingerprint density at radius 2 is 2.24 bits per heavy atom. The van der Waals surface area contributed by atoms with Gasteiger partial charge in [-0.05, 0) is 30.1 Å². The first kappa shape index (κ1) is 12.2. The number of hydrogen-bond acceptors (Lipinski definition) is 6. The first-order valence-corrected chi connectivity index (χ1v) is 6.91. The van der Waals surface area contributed by atoms with Crippen LogP contribution in [0.15, 0.2) is 33.9 Å². The molecule has 1 saturated carbocycles. The molecule has 0 aromatic carbocycles. The summed E-state index contributed by atoms with van der Waals surface area (Å²) in [5.74, 6) is 1.10. The molecule has 2 aromatic rings. The lowest BCUT2D eigenvalue weighted by atomic mass is 10.1. The van der Waals surface area contributed by atoms with E-state index >= 15 is 0 Å². The van der Waals surface area contributed by atoms with Crippen LogP contribution in [0.2, 0.25) is 0 Å². The first-order valence-electron chi connectivity index (χ1n) is 6.91. The monoisotopic (exact) mass is 283 g/mol. The van der Waals surface area contributed by atoms with E-state index in [0.717, 1.165) is 18.5 Å². The van der Waals surface area contributed by atoms with Crippen LogP contribution in [0.25, 0.3) is 0 Å². The van der Waals surface area contributed by atoms with E-state index in [0.29, 0.717) is 18.2 Å². The summed E-state index contributed by atoms with van der Waals surface area (Å²) in [6.45, 7) is 0. The molecular weight excluding hydrogens is 270 g/mol. The molecule has 0 saturated heterocycles. The molecule has 7 nitrogen and oxygen atoms in total. The van der Waals surface area contributed by atoms with E-state index in [9.17, 15) is 4.79 Å². The van der Waals surface area contributed by atoms with Gasteiger partial charge < -0.3 is 4.52 Å². The molecule has 106 valence electrons. The zero-order chi connectivity index (χ0) is 14.2. The second-order valence-electron chi connectivity index (χ2n) is 5.22. The van der Waals surface area contributed by atoms with Crippen molar-refractivity contribution in [3.63, 3.8) is 0 Å². The van der Waals surface area contributed by atoms with E-state index in [1.165, 1.54) is 11.2 Å². The van der Waals surface area contributed by atoms with Crippen molar-refractivity contribution < 1.29 is 9.32 Å². The van der Waals surface area contributed by atoms with Crippen LogP contribution >= 0.6 is 0 Å². The highest BCUT2D eigenvalue weighted by Crippen LogP contribution is 2.39. The molecule has 4 rings (SSSR count). The van der Waals surface area contributed by atoms with Gasteiger partial charge in [0.05, 0.1) is 0 Å². The van der Waals surface area contributed by atoms with Gasteiger partial charge >= 0.3 is 0 Å². The molecule has 1 aliphatic carbocycles. The topological polar surface area (TPSA) is 84.5 Å². The van der Waals surface area contributed by atoms with E-state index in [1.54, 1.807) is 6.20 Å². The van der Waals surface area contributed by atoms with Crippen molar-refractivity contribution >= 4 is 18.2 Å². The maximum Gasteiger partial charge on any atom is 0.278 e. The smallest absolute Gasteiger partial charge is 0.278 e. The summed E-state index contributed by atoms with van der Waals surface area (Å²) in [6.07, 6.45) is 5.80. The molecule has 0 radical (unpaired) electrons. The highest BCUT2D eigenvalue weighted by Gasteiger charge is 2.35. The Hall–Kier alpha value is -2.57. The summed E-state index contributed by atoms with van der Waals surface area (Å²) in [5.41, 5.74) is 0.835. The molecule has 1 aliphatic heterocycles. The standard InChI is InChI=1S/C14H13N5O2/c20-13-11(7-10-3-1-2-6-15-10)16-8-19(13)14-17-12(21-18-14)9-4-5-9/h1-3,6,8-9,11H,4-5,7H2. The molecule has 0 N–H and O–H groups in total. The Kier molecular flexibility index (Phi) is 2.77. The van der Waals surface area contributed by atoms with E-state index in [1.807, 2.05) is 18.2 Å². The van der Waals surface area contributed by atoms with Crippen molar-refractivity contribution in [1.82, 2.24) is 15.1 Å². The Bertz CT molecular complexity index is 692. The van der Waals surface area contributed by atoms with Gasteiger partial charge in [-0.15, -0.1) is 0 Å². The molecule has 1 amide bonds. The number of hydrogen-bond donors (Lipinski definition) is 0. The van der Waals surface area contributed by atoms with Crippen molar-refractivity contribution in [2.75, 3.05) is 4.90 Å². The van der Waals surface area contributed by atoms with Gasteiger partial charge in [0.15, 0.2) is 0 Å². The van der Waals surface area contributed by atoms with Crippen molar-refractivity contribution in [2.24, 2.45) is 4.99 Å². The van der Waals surface area contributed by atoms with Crippen molar-refractivity contribution in [3.05, 3.63) is 36.0 Å².